The van der Waals surface area contributed by atoms with Crippen molar-refractivity contribution in [2.75, 3.05) is 11.9 Å². The van der Waals surface area contributed by atoms with Gasteiger partial charge in [-0.1, -0.05) is 17.7 Å². The van der Waals surface area contributed by atoms with Gasteiger partial charge in [-0.3, -0.25) is 4.98 Å². The first kappa shape index (κ1) is 13.5. The smallest absolute Gasteiger partial charge is 0.230 e. The molecule has 0 amide bonds. The molecule has 0 spiro atoms. The van der Waals surface area contributed by atoms with Crippen LogP contribution in [0.25, 0.3) is 11.3 Å². The standard InChI is InChI=1S/C16H13ClN4/c1-21(14-6-2-5-13(17)10-14)16-19-9-7-15(20-16)12-4-3-8-18-11-12/h2-11H,1H3. The Labute approximate surface area is 128 Å². The van der Waals surface area contributed by atoms with E-state index in [0.717, 1.165) is 16.9 Å². The summed E-state index contributed by atoms with van der Waals surface area (Å²) in [4.78, 5) is 14.9. The van der Waals surface area contributed by atoms with Gasteiger partial charge in [0.05, 0.1) is 5.69 Å². The molecule has 2 heterocycles. The summed E-state index contributed by atoms with van der Waals surface area (Å²) >= 11 is 6.03. The first-order valence-electron chi connectivity index (χ1n) is 6.47. The monoisotopic (exact) mass is 296 g/mol. The fraction of sp³-hybridized carbons (Fsp3) is 0.0625. The van der Waals surface area contributed by atoms with Crippen molar-refractivity contribution < 1.29 is 0 Å². The maximum atomic E-state index is 6.03. The molecule has 0 N–H and O–H groups in total. The molecule has 0 aliphatic heterocycles. The van der Waals surface area contributed by atoms with Crippen LogP contribution >= 0.6 is 11.6 Å². The van der Waals surface area contributed by atoms with E-state index in [1.165, 1.54) is 0 Å². The van der Waals surface area contributed by atoms with Gasteiger partial charge < -0.3 is 4.90 Å². The Morgan fingerprint density at radius 2 is 1.95 bits per heavy atom. The van der Waals surface area contributed by atoms with Gasteiger partial charge in [-0.2, -0.15) is 0 Å². The summed E-state index contributed by atoms with van der Waals surface area (Å²) in [5.41, 5.74) is 2.73. The van der Waals surface area contributed by atoms with E-state index in [4.69, 9.17) is 11.6 Å². The number of nitrogens with zero attached hydrogens (tertiary/aromatic N) is 4. The van der Waals surface area contributed by atoms with Crippen molar-refractivity contribution in [2.45, 2.75) is 0 Å². The van der Waals surface area contributed by atoms with Crippen LogP contribution in [-0.2, 0) is 0 Å². The molecule has 0 bridgehead atoms. The summed E-state index contributed by atoms with van der Waals surface area (Å²) in [6.07, 6.45) is 5.26. The van der Waals surface area contributed by atoms with Crippen molar-refractivity contribution in [1.29, 1.82) is 0 Å². The van der Waals surface area contributed by atoms with Crippen LogP contribution in [0.15, 0.2) is 61.1 Å². The Hall–Kier alpha value is -2.46. The first-order valence-corrected chi connectivity index (χ1v) is 6.84. The van der Waals surface area contributed by atoms with Gasteiger partial charge >= 0.3 is 0 Å². The van der Waals surface area contributed by atoms with Crippen molar-refractivity contribution in [3.8, 4) is 11.3 Å². The molecule has 0 atom stereocenters. The molecule has 3 rings (SSSR count). The molecule has 0 saturated heterocycles. The van der Waals surface area contributed by atoms with Crippen LogP contribution in [-0.4, -0.2) is 22.0 Å². The molecule has 4 nitrogen and oxygen atoms in total. The molecule has 21 heavy (non-hydrogen) atoms. The zero-order chi connectivity index (χ0) is 14.7. The fourth-order valence-electron chi connectivity index (χ4n) is 1.99. The number of aromatic nitrogens is 3. The van der Waals surface area contributed by atoms with Gasteiger partial charge in [0.15, 0.2) is 0 Å². The van der Waals surface area contributed by atoms with E-state index in [-0.39, 0.29) is 0 Å². The quantitative estimate of drug-likeness (QED) is 0.733. The van der Waals surface area contributed by atoms with Crippen LogP contribution in [0.2, 0.25) is 5.02 Å². The highest BCUT2D eigenvalue weighted by Crippen LogP contribution is 2.24. The third-order valence-electron chi connectivity index (χ3n) is 3.10. The highest BCUT2D eigenvalue weighted by molar-refractivity contribution is 6.30. The van der Waals surface area contributed by atoms with Crippen molar-refractivity contribution in [3.05, 3.63) is 66.1 Å². The Bertz CT molecular complexity index is 746. The largest absolute Gasteiger partial charge is 0.314 e. The molecule has 0 fully saturated rings. The number of benzene rings is 1. The second-order valence-electron chi connectivity index (χ2n) is 4.52. The molecule has 1 aromatic carbocycles. The summed E-state index contributed by atoms with van der Waals surface area (Å²) in [5, 5.41) is 0.683. The molecule has 104 valence electrons. The Kier molecular flexibility index (Phi) is 3.79. The highest BCUT2D eigenvalue weighted by atomic mass is 35.5. The maximum Gasteiger partial charge on any atom is 0.230 e. The lowest BCUT2D eigenvalue weighted by molar-refractivity contribution is 1.04. The first-order chi connectivity index (χ1) is 10.2. The van der Waals surface area contributed by atoms with Gasteiger partial charge in [0.2, 0.25) is 5.95 Å². The van der Waals surface area contributed by atoms with Crippen LogP contribution in [0.1, 0.15) is 0 Å². The molecule has 0 radical (unpaired) electrons. The van der Waals surface area contributed by atoms with Crippen molar-refractivity contribution in [2.24, 2.45) is 0 Å². The van der Waals surface area contributed by atoms with Gasteiger partial charge in [-0.05, 0) is 36.4 Å². The minimum atomic E-state index is 0.610. The molecular weight excluding hydrogens is 284 g/mol. The lowest BCUT2D eigenvalue weighted by Gasteiger charge is -2.17. The van der Waals surface area contributed by atoms with E-state index < -0.39 is 0 Å². The van der Waals surface area contributed by atoms with E-state index in [1.807, 2.05) is 54.4 Å². The van der Waals surface area contributed by atoms with Crippen molar-refractivity contribution >= 4 is 23.2 Å². The van der Waals surface area contributed by atoms with Gasteiger partial charge in [0, 0.05) is 41.9 Å². The van der Waals surface area contributed by atoms with E-state index in [0.29, 0.717) is 11.0 Å². The summed E-state index contributed by atoms with van der Waals surface area (Å²) in [7, 11) is 1.91. The molecule has 5 heteroatoms. The normalized spacial score (nSPS) is 10.4. The average molecular weight is 297 g/mol. The van der Waals surface area contributed by atoms with Crippen LogP contribution in [0.4, 0.5) is 11.6 Å². The van der Waals surface area contributed by atoms with Gasteiger partial charge in [-0.25, -0.2) is 9.97 Å². The minimum Gasteiger partial charge on any atom is -0.314 e. The Morgan fingerprint density at radius 1 is 1.05 bits per heavy atom. The van der Waals surface area contributed by atoms with Crippen LogP contribution < -0.4 is 4.90 Å². The molecule has 2 aromatic heterocycles. The number of rotatable bonds is 3. The number of pyridine rings is 1. The number of anilines is 2. The summed E-state index contributed by atoms with van der Waals surface area (Å²) in [6, 6.07) is 13.3. The predicted molar refractivity (Wildman–Crippen MR) is 84.8 cm³/mol. The Balaban J connectivity index is 1.96. The molecule has 0 aliphatic carbocycles. The third-order valence-corrected chi connectivity index (χ3v) is 3.33. The van der Waals surface area contributed by atoms with Crippen LogP contribution in [0, 0.1) is 0 Å². The third kappa shape index (κ3) is 3.01. The molecule has 0 saturated carbocycles. The van der Waals surface area contributed by atoms with E-state index >= 15 is 0 Å². The van der Waals surface area contributed by atoms with Gasteiger partial charge in [0.25, 0.3) is 0 Å². The zero-order valence-electron chi connectivity index (χ0n) is 11.4. The summed E-state index contributed by atoms with van der Waals surface area (Å²) in [5.74, 6) is 0.610. The van der Waals surface area contributed by atoms with Crippen molar-refractivity contribution in [1.82, 2.24) is 15.0 Å². The number of halogens is 1. The van der Waals surface area contributed by atoms with E-state index in [1.54, 1.807) is 18.6 Å². The number of hydrogen-bond donors (Lipinski definition) is 0. The van der Waals surface area contributed by atoms with Gasteiger partial charge in [-0.15, -0.1) is 0 Å². The second kappa shape index (κ2) is 5.89. The fourth-order valence-corrected chi connectivity index (χ4v) is 2.17. The molecular formula is C16H13ClN4. The lowest BCUT2D eigenvalue weighted by atomic mass is 10.2. The molecule has 0 aliphatic rings. The molecule has 0 unspecified atom stereocenters. The van der Waals surface area contributed by atoms with E-state index in [2.05, 4.69) is 15.0 Å². The summed E-state index contributed by atoms with van der Waals surface area (Å²) in [6.45, 7) is 0. The zero-order valence-corrected chi connectivity index (χ0v) is 12.2. The van der Waals surface area contributed by atoms with Crippen LogP contribution in [0.3, 0.4) is 0 Å². The van der Waals surface area contributed by atoms with Crippen LogP contribution in [0.5, 0.6) is 0 Å². The van der Waals surface area contributed by atoms with Crippen molar-refractivity contribution in [3.63, 3.8) is 0 Å². The van der Waals surface area contributed by atoms with Gasteiger partial charge in [0.1, 0.15) is 0 Å². The second-order valence-corrected chi connectivity index (χ2v) is 4.96. The minimum absolute atomic E-state index is 0.610. The van der Waals surface area contributed by atoms with E-state index in [9.17, 15) is 0 Å². The topological polar surface area (TPSA) is 41.9 Å². The highest BCUT2D eigenvalue weighted by Gasteiger charge is 2.09. The average Bonchev–Trinajstić information content (AvgIpc) is 2.55. The summed E-state index contributed by atoms with van der Waals surface area (Å²) < 4.78 is 0. The predicted octanol–water partition coefficient (Wildman–Crippen LogP) is 3.96. The molecule has 3 aromatic rings. The Morgan fingerprint density at radius 3 is 2.71 bits per heavy atom. The lowest BCUT2D eigenvalue weighted by Crippen LogP contribution is -2.13. The number of hydrogen-bond acceptors (Lipinski definition) is 4. The SMILES string of the molecule is CN(c1cccc(Cl)c1)c1nccc(-c2cccnc2)n1. The maximum absolute atomic E-state index is 6.03.